The molecule has 0 aromatic heterocycles. The first kappa shape index (κ1) is 20.4. The molecule has 0 radical (unpaired) electrons. The Hall–Kier alpha value is -0.870. The summed E-state index contributed by atoms with van der Waals surface area (Å²) in [5, 5.41) is 0. The number of rotatable bonds is 6. The summed E-state index contributed by atoms with van der Waals surface area (Å²) >= 11 is 0. The van der Waals surface area contributed by atoms with Gasteiger partial charge in [-0.3, -0.25) is 4.90 Å². The fourth-order valence-corrected chi connectivity index (χ4v) is 4.23. The van der Waals surface area contributed by atoms with E-state index in [4.69, 9.17) is 4.74 Å². The number of esters is 1. The third kappa shape index (κ3) is 6.10. The fraction of sp³-hybridized carbons (Fsp3) is 0.857. The van der Waals surface area contributed by atoms with Gasteiger partial charge in [-0.25, -0.2) is 4.79 Å². The molecule has 4 nitrogen and oxygen atoms in total. The predicted octanol–water partition coefficient (Wildman–Crippen LogP) is 3.72. The van der Waals surface area contributed by atoms with E-state index in [-0.39, 0.29) is 5.97 Å². The van der Waals surface area contributed by atoms with Crippen molar-refractivity contribution in [2.24, 2.45) is 11.8 Å². The van der Waals surface area contributed by atoms with E-state index >= 15 is 0 Å². The van der Waals surface area contributed by atoms with E-state index in [0.717, 1.165) is 24.8 Å². The average Bonchev–Trinajstić information content (AvgIpc) is 2.94. The number of nitrogens with zero attached hydrogens (tertiary/aromatic N) is 2. The van der Waals surface area contributed by atoms with Gasteiger partial charge in [0.25, 0.3) is 0 Å². The SMILES string of the molecule is C=C(CCC1CN(C2CCN(C)CC2)CC1CC)C(=O)OC(C)(C)C. The molecule has 2 saturated heterocycles. The number of ether oxygens (including phenoxy) is 1. The van der Waals surface area contributed by atoms with Crippen LogP contribution in [0, 0.1) is 11.8 Å². The molecule has 0 aliphatic carbocycles. The predicted molar refractivity (Wildman–Crippen MR) is 104 cm³/mol. The van der Waals surface area contributed by atoms with Crippen molar-refractivity contribution < 1.29 is 9.53 Å². The second kappa shape index (κ2) is 8.68. The smallest absolute Gasteiger partial charge is 0.333 e. The zero-order chi connectivity index (χ0) is 18.6. The third-order valence-electron chi connectivity index (χ3n) is 5.84. The van der Waals surface area contributed by atoms with Crippen molar-refractivity contribution in [3.05, 3.63) is 12.2 Å². The van der Waals surface area contributed by atoms with Crippen molar-refractivity contribution in [2.45, 2.75) is 71.4 Å². The lowest BCUT2D eigenvalue weighted by Gasteiger charge is -2.35. The highest BCUT2D eigenvalue weighted by Crippen LogP contribution is 2.34. The first-order valence-electron chi connectivity index (χ1n) is 10.0. The van der Waals surface area contributed by atoms with Gasteiger partial charge in [-0.1, -0.05) is 19.9 Å². The largest absolute Gasteiger partial charge is 0.457 e. The molecule has 0 spiro atoms. The van der Waals surface area contributed by atoms with E-state index in [0.29, 0.717) is 11.5 Å². The van der Waals surface area contributed by atoms with Gasteiger partial charge in [0.2, 0.25) is 0 Å². The third-order valence-corrected chi connectivity index (χ3v) is 5.84. The molecule has 2 unspecified atom stereocenters. The molecule has 0 aromatic rings. The van der Waals surface area contributed by atoms with E-state index in [2.05, 4.69) is 30.4 Å². The van der Waals surface area contributed by atoms with Crippen LogP contribution in [0.5, 0.6) is 0 Å². The van der Waals surface area contributed by atoms with Crippen LogP contribution in [0.15, 0.2) is 12.2 Å². The summed E-state index contributed by atoms with van der Waals surface area (Å²) in [5.41, 5.74) is 0.187. The molecule has 2 rings (SSSR count). The van der Waals surface area contributed by atoms with E-state index in [1.165, 1.54) is 45.4 Å². The van der Waals surface area contributed by atoms with Gasteiger partial charge < -0.3 is 9.64 Å². The Bertz CT molecular complexity index is 461. The standard InChI is InChI=1S/C21H38N2O2/c1-7-17-14-23(19-10-12-22(6)13-11-19)15-18(17)9-8-16(2)20(24)25-21(3,4)5/h17-19H,2,7-15H2,1,3-6H3. The summed E-state index contributed by atoms with van der Waals surface area (Å²) < 4.78 is 5.44. The van der Waals surface area contributed by atoms with E-state index in [1.807, 2.05) is 20.8 Å². The molecule has 2 atom stereocenters. The van der Waals surface area contributed by atoms with E-state index in [9.17, 15) is 4.79 Å². The molecule has 0 bridgehead atoms. The second-order valence-corrected chi connectivity index (χ2v) is 9.06. The molecule has 4 heteroatoms. The van der Waals surface area contributed by atoms with Gasteiger partial charge in [0.1, 0.15) is 5.60 Å². The molecular weight excluding hydrogens is 312 g/mol. The molecule has 2 aliphatic heterocycles. The van der Waals surface area contributed by atoms with Crippen molar-refractivity contribution in [3.8, 4) is 0 Å². The Morgan fingerprint density at radius 1 is 1.16 bits per heavy atom. The van der Waals surface area contributed by atoms with Crippen molar-refractivity contribution in [1.29, 1.82) is 0 Å². The van der Waals surface area contributed by atoms with Crippen LogP contribution in [0.4, 0.5) is 0 Å². The van der Waals surface area contributed by atoms with Gasteiger partial charge in [-0.05, 0) is 78.4 Å². The average molecular weight is 351 g/mol. The Morgan fingerprint density at radius 3 is 2.32 bits per heavy atom. The number of carbonyl (C=O) groups is 1. The molecule has 0 aromatic carbocycles. The minimum atomic E-state index is -0.440. The normalized spacial score (nSPS) is 26.8. The fourth-order valence-electron chi connectivity index (χ4n) is 4.23. The molecule has 144 valence electrons. The van der Waals surface area contributed by atoms with Crippen LogP contribution in [0.25, 0.3) is 0 Å². The molecule has 2 aliphatic rings. The molecule has 2 heterocycles. The maximum atomic E-state index is 12.1. The van der Waals surface area contributed by atoms with Crippen LogP contribution in [-0.4, -0.2) is 60.6 Å². The zero-order valence-electron chi connectivity index (χ0n) is 17.0. The van der Waals surface area contributed by atoms with Gasteiger partial charge in [-0.15, -0.1) is 0 Å². The van der Waals surface area contributed by atoms with Crippen LogP contribution in [-0.2, 0) is 9.53 Å². The Kier molecular flexibility index (Phi) is 7.10. The van der Waals surface area contributed by atoms with Gasteiger partial charge in [-0.2, -0.15) is 0 Å². The Morgan fingerprint density at radius 2 is 1.76 bits per heavy atom. The summed E-state index contributed by atoms with van der Waals surface area (Å²) in [6.07, 6.45) is 5.64. The first-order valence-corrected chi connectivity index (χ1v) is 10.0. The first-order chi connectivity index (χ1) is 11.7. The van der Waals surface area contributed by atoms with Crippen LogP contribution in [0.3, 0.4) is 0 Å². The lowest BCUT2D eigenvalue weighted by Crippen LogP contribution is -2.42. The molecule has 0 N–H and O–H groups in total. The minimum absolute atomic E-state index is 0.231. The van der Waals surface area contributed by atoms with Crippen LogP contribution >= 0.6 is 0 Å². The van der Waals surface area contributed by atoms with Crippen molar-refractivity contribution in [3.63, 3.8) is 0 Å². The number of hydrogen-bond acceptors (Lipinski definition) is 4. The van der Waals surface area contributed by atoms with Gasteiger partial charge >= 0.3 is 5.97 Å². The molecular formula is C21H38N2O2. The highest BCUT2D eigenvalue weighted by atomic mass is 16.6. The molecule has 25 heavy (non-hydrogen) atoms. The van der Waals surface area contributed by atoms with Crippen molar-refractivity contribution in [1.82, 2.24) is 9.80 Å². The number of carbonyl (C=O) groups excluding carboxylic acids is 1. The van der Waals surface area contributed by atoms with Gasteiger partial charge in [0, 0.05) is 24.7 Å². The van der Waals surface area contributed by atoms with Crippen LogP contribution in [0.1, 0.15) is 59.8 Å². The van der Waals surface area contributed by atoms with Crippen molar-refractivity contribution >= 4 is 5.97 Å². The lowest BCUT2D eigenvalue weighted by molar-refractivity contribution is -0.150. The quantitative estimate of drug-likeness (QED) is 0.540. The minimum Gasteiger partial charge on any atom is -0.457 e. The zero-order valence-corrected chi connectivity index (χ0v) is 17.0. The number of likely N-dealkylation sites (tertiary alicyclic amines) is 2. The number of piperidine rings is 1. The number of hydrogen-bond donors (Lipinski definition) is 0. The summed E-state index contributed by atoms with van der Waals surface area (Å²) in [6.45, 7) is 16.9. The van der Waals surface area contributed by atoms with Gasteiger partial charge in [0.05, 0.1) is 0 Å². The van der Waals surface area contributed by atoms with Gasteiger partial charge in [0.15, 0.2) is 0 Å². The topological polar surface area (TPSA) is 32.8 Å². The molecule has 2 fully saturated rings. The van der Waals surface area contributed by atoms with Crippen LogP contribution < -0.4 is 0 Å². The maximum absolute atomic E-state index is 12.1. The van der Waals surface area contributed by atoms with Crippen LogP contribution in [0.2, 0.25) is 0 Å². The lowest BCUT2D eigenvalue weighted by atomic mass is 9.88. The molecule has 0 saturated carbocycles. The van der Waals surface area contributed by atoms with E-state index in [1.54, 1.807) is 0 Å². The van der Waals surface area contributed by atoms with E-state index < -0.39 is 5.60 Å². The molecule has 0 amide bonds. The summed E-state index contributed by atoms with van der Waals surface area (Å²) in [4.78, 5) is 17.3. The summed E-state index contributed by atoms with van der Waals surface area (Å²) in [5.74, 6) is 1.21. The second-order valence-electron chi connectivity index (χ2n) is 9.06. The highest BCUT2D eigenvalue weighted by molar-refractivity contribution is 5.87. The van der Waals surface area contributed by atoms with Crippen molar-refractivity contribution in [2.75, 3.05) is 33.2 Å². The summed E-state index contributed by atoms with van der Waals surface area (Å²) in [6, 6.07) is 0.754. The monoisotopic (exact) mass is 350 g/mol. The Labute approximate surface area is 154 Å². The summed E-state index contributed by atoms with van der Waals surface area (Å²) in [7, 11) is 2.22. The Balaban J connectivity index is 1.82. The maximum Gasteiger partial charge on any atom is 0.333 e. The highest BCUT2D eigenvalue weighted by Gasteiger charge is 2.35.